The Labute approximate surface area is 122 Å². The van der Waals surface area contributed by atoms with Crippen LogP contribution in [0.5, 0.6) is 0 Å². The lowest BCUT2D eigenvalue weighted by molar-refractivity contribution is -0.117. The molecule has 1 saturated heterocycles. The molecule has 104 valence electrons. The van der Waals surface area contributed by atoms with Gasteiger partial charge in [-0.1, -0.05) is 11.6 Å². The first kappa shape index (κ1) is 14.6. The van der Waals surface area contributed by atoms with Gasteiger partial charge in [0, 0.05) is 18.9 Å². The van der Waals surface area contributed by atoms with E-state index in [1.54, 1.807) is 0 Å². The van der Waals surface area contributed by atoms with Crippen molar-refractivity contribution in [3.05, 3.63) is 16.0 Å². The first-order valence-corrected chi connectivity index (χ1v) is 7.89. The number of rotatable bonds is 3. The van der Waals surface area contributed by atoms with E-state index in [9.17, 15) is 17.1 Å². The van der Waals surface area contributed by atoms with Crippen molar-refractivity contribution in [3.8, 4) is 0 Å². The van der Waals surface area contributed by atoms with Crippen LogP contribution >= 0.6 is 27.5 Å². The van der Waals surface area contributed by atoms with Gasteiger partial charge < -0.3 is 0 Å². The average Bonchev–Trinajstić information content (AvgIpc) is 2.61. The summed E-state index contributed by atoms with van der Waals surface area (Å²) in [7, 11) is -4.60. The number of anilines is 1. The third-order valence-corrected chi connectivity index (χ3v) is 4.74. The van der Waals surface area contributed by atoms with Gasteiger partial charge in [-0.05, 0) is 15.9 Å². The molecule has 0 radical (unpaired) electrons. The molecule has 0 aromatic carbocycles. The van der Waals surface area contributed by atoms with E-state index in [0.29, 0.717) is 4.47 Å². The van der Waals surface area contributed by atoms with Crippen LogP contribution in [0.25, 0.3) is 0 Å². The second-order valence-electron chi connectivity index (χ2n) is 4.08. The molecule has 0 N–H and O–H groups in total. The first-order chi connectivity index (χ1) is 8.78. The van der Waals surface area contributed by atoms with Gasteiger partial charge in [0.25, 0.3) is 0 Å². The van der Waals surface area contributed by atoms with Crippen molar-refractivity contribution in [2.24, 2.45) is 5.92 Å². The summed E-state index contributed by atoms with van der Waals surface area (Å²) in [6.45, 7) is 0.0773. The Bertz CT molecular complexity index is 627. The SMILES string of the molecule is O=C1CC(CS(=O)(=O)F)CN1c1ncnc(Cl)c1Br. The van der Waals surface area contributed by atoms with Gasteiger partial charge >= 0.3 is 10.2 Å². The number of aromatic nitrogens is 2. The fraction of sp³-hybridized carbons (Fsp3) is 0.444. The Morgan fingerprint density at radius 1 is 1.53 bits per heavy atom. The van der Waals surface area contributed by atoms with Crippen molar-refractivity contribution < 1.29 is 17.1 Å². The molecule has 10 heteroatoms. The molecule has 1 aromatic rings. The van der Waals surface area contributed by atoms with Gasteiger partial charge in [0.05, 0.1) is 10.2 Å². The predicted molar refractivity (Wildman–Crippen MR) is 70.1 cm³/mol. The lowest BCUT2D eigenvalue weighted by Gasteiger charge is -2.16. The van der Waals surface area contributed by atoms with Crippen LogP contribution in [0.4, 0.5) is 9.70 Å². The summed E-state index contributed by atoms with van der Waals surface area (Å²) in [5.74, 6) is -1.35. The smallest absolute Gasteiger partial charge is 0.295 e. The third kappa shape index (κ3) is 3.40. The Morgan fingerprint density at radius 3 is 2.84 bits per heavy atom. The highest BCUT2D eigenvalue weighted by atomic mass is 79.9. The lowest BCUT2D eigenvalue weighted by Crippen LogP contribution is -2.26. The Hall–Kier alpha value is -0.800. The lowest BCUT2D eigenvalue weighted by atomic mass is 10.1. The van der Waals surface area contributed by atoms with E-state index in [-0.39, 0.29) is 29.8 Å². The molecule has 0 bridgehead atoms. The van der Waals surface area contributed by atoms with Gasteiger partial charge in [-0.15, -0.1) is 3.89 Å². The molecule has 0 spiro atoms. The van der Waals surface area contributed by atoms with Gasteiger partial charge in [-0.3, -0.25) is 9.69 Å². The van der Waals surface area contributed by atoms with E-state index < -0.39 is 21.9 Å². The maximum atomic E-state index is 12.6. The molecule has 1 aromatic heterocycles. The van der Waals surface area contributed by atoms with Crippen LogP contribution in [-0.4, -0.2) is 36.6 Å². The largest absolute Gasteiger partial charge is 0.302 e. The molecule has 2 heterocycles. The van der Waals surface area contributed by atoms with E-state index in [2.05, 4.69) is 25.9 Å². The summed E-state index contributed by atoms with van der Waals surface area (Å²) < 4.78 is 34.2. The first-order valence-electron chi connectivity index (χ1n) is 5.16. The molecule has 2 rings (SSSR count). The van der Waals surface area contributed by atoms with Gasteiger partial charge in [0.2, 0.25) is 5.91 Å². The zero-order chi connectivity index (χ0) is 14.2. The molecule has 1 fully saturated rings. The minimum Gasteiger partial charge on any atom is -0.295 e. The maximum Gasteiger partial charge on any atom is 0.302 e. The number of hydrogen-bond donors (Lipinski definition) is 0. The van der Waals surface area contributed by atoms with Crippen LogP contribution in [0.15, 0.2) is 10.8 Å². The highest BCUT2D eigenvalue weighted by molar-refractivity contribution is 9.10. The van der Waals surface area contributed by atoms with Crippen LogP contribution in [0.2, 0.25) is 5.15 Å². The summed E-state index contributed by atoms with van der Waals surface area (Å²) in [5.41, 5.74) is 0. The Morgan fingerprint density at radius 2 is 2.21 bits per heavy atom. The summed E-state index contributed by atoms with van der Waals surface area (Å²) in [6, 6.07) is 0. The summed E-state index contributed by atoms with van der Waals surface area (Å²) >= 11 is 8.95. The minimum absolute atomic E-state index is 0.0444. The van der Waals surface area contributed by atoms with Crippen molar-refractivity contribution in [1.82, 2.24) is 9.97 Å². The van der Waals surface area contributed by atoms with E-state index in [1.807, 2.05) is 0 Å². The predicted octanol–water partition coefficient (Wildman–Crippen LogP) is 1.54. The van der Waals surface area contributed by atoms with Gasteiger partial charge in [-0.2, -0.15) is 8.42 Å². The molecule has 6 nitrogen and oxygen atoms in total. The third-order valence-electron chi connectivity index (χ3n) is 2.62. The highest BCUT2D eigenvalue weighted by Gasteiger charge is 2.35. The second kappa shape index (κ2) is 5.29. The molecular formula is C9H8BrClFN3O3S. The Kier molecular flexibility index (Phi) is 4.07. The van der Waals surface area contributed by atoms with Crippen molar-refractivity contribution in [2.75, 3.05) is 17.2 Å². The van der Waals surface area contributed by atoms with Crippen LogP contribution in [0.1, 0.15) is 6.42 Å². The second-order valence-corrected chi connectivity index (χ2v) is 6.64. The molecule has 19 heavy (non-hydrogen) atoms. The number of hydrogen-bond acceptors (Lipinski definition) is 5. The Balaban J connectivity index is 2.23. The monoisotopic (exact) mass is 371 g/mol. The van der Waals surface area contributed by atoms with Crippen LogP contribution in [-0.2, 0) is 15.0 Å². The molecule has 0 saturated carbocycles. The quantitative estimate of drug-likeness (QED) is 0.594. The molecular weight excluding hydrogens is 365 g/mol. The molecule has 0 aliphatic carbocycles. The van der Waals surface area contributed by atoms with Crippen molar-refractivity contribution in [3.63, 3.8) is 0 Å². The van der Waals surface area contributed by atoms with Crippen molar-refractivity contribution in [1.29, 1.82) is 0 Å². The number of carbonyl (C=O) groups excluding carboxylic acids is 1. The number of amides is 1. The fourth-order valence-electron chi connectivity index (χ4n) is 1.91. The summed E-state index contributed by atoms with van der Waals surface area (Å²) in [6.07, 6.45) is 1.14. The van der Waals surface area contributed by atoms with Crippen molar-refractivity contribution >= 4 is 49.5 Å². The van der Waals surface area contributed by atoms with E-state index in [4.69, 9.17) is 11.6 Å². The van der Waals surface area contributed by atoms with Gasteiger partial charge in [-0.25, -0.2) is 9.97 Å². The number of carbonyl (C=O) groups is 1. The van der Waals surface area contributed by atoms with Gasteiger partial charge in [0.1, 0.15) is 11.5 Å². The maximum absolute atomic E-state index is 12.6. The molecule has 1 aliphatic rings. The normalized spacial score (nSPS) is 20.1. The highest BCUT2D eigenvalue weighted by Crippen LogP contribution is 2.33. The topological polar surface area (TPSA) is 80.2 Å². The fourth-order valence-corrected chi connectivity index (χ4v) is 3.24. The molecule has 1 amide bonds. The number of halogens is 3. The zero-order valence-electron chi connectivity index (χ0n) is 9.38. The summed E-state index contributed by atoms with van der Waals surface area (Å²) in [5, 5.41) is 0.138. The van der Waals surface area contributed by atoms with E-state index in [1.165, 1.54) is 11.2 Å². The summed E-state index contributed by atoms with van der Waals surface area (Å²) in [4.78, 5) is 20.7. The molecule has 1 unspecified atom stereocenters. The zero-order valence-corrected chi connectivity index (χ0v) is 12.5. The minimum atomic E-state index is -4.60. The van der Waals surface area contributed by atoms with Crippen LogP contribution < -0.4 is 4.90 Å². The average molecular weight is 373 g/mol. The number of nitrogens with zero attached hydrogens (tertiary/aromatic N) is 3. The van der Waals surface area contributed by atoms with E-state index in [0.717, 1.165) is 0 Å². The van der Waals surface area contributed by atoms with E-state index >= 15 is 0 Å². The van der Waals surface area contributed by atoms with Crippen LogP contribution in [0.3, 0.4) is 0 Å². The standard InChI is InChI=1S/C9H8BrClFN3O3S/c10-7-8(11)13-4-14-9(7)15-2-5(1-6(15)16)3-19(12,17)18/h4-5H,1-3H2. The molecule has 1 aliphatic heterocycles. The molecule has 1 atom stereocenters. The van der Waals surface area contributed by atoms with Crippen LogP contribution in [0, 0.1) is 5.92 Å². The van der Waals surface area contributed by atoms with Gasteiger partial charge in [0.15, 0.2) is 5.82 Å². The van der Waals surface area contributed by atoms with Crippen molar-refractivity contribution in [2.45, 2.75) is 6.42 Å².